The number of carbonyl (C=O) groups excluding carboxylic acids is 6. The Kier molecular flexibility index (Phi) is 10.9. The second-order valence-electron chi connectivity index (χ2n) is 16.9. The number of aryl methyl sites for hydroxylation is 1. The molecule has 58 heavy (non-hydrogen) atoms. The molecule has 3 aliphatic heterocycles. The molecule has 7 rings (SSSR count). The van der Waals surface area contributed by atoms with E-state index in [2.05, 4.69) is 26.9 Å². The minimum atomic E-state index is -3.95. The van der Waals surface area contributed by atoms with Crippen LogP contribution in [0.25, 0.3) is 10.8 Å². The van der Waals surface area contributed by atoms with Crippen LogP contribution >= 0.6 is 0 Å². The molecule has 1 aromatic carbocycles. The van der Waals surface area contributed by atoms with Gasteiger partial charge in [0, 0.05) is 49.7 Å². The molecule has 3 saturated heterocycles. The van der Waals surface area contributed by atoms with Crippen LogP contribution < -0.4 is 20.1 Å². The van der Waals surface area contributed by atoms with E-state index < -0.39 is 92.3 Å². The summed E-state index contributed by atoms with van der Waals surface area (Å²) in [6.45, 7) is 10.8. The average molecular weight is 823 g/mol. The Balaban J connectivity index is 1.16. The van der Waals surface area contributed by atoms with Crippen LogP contribution in [-0.2, 0) is 43.5 Å². The van der Waals surface area contributed by atoms with Crippen molar-refractivity contribution in [3.63, 3.8) is 0 Å². The quantitative estimate of drug-likeness (QED) is 0.196. The third-order valence-corrected chi connectivity index (χ3v) is 13.1. The number of pyridine rings is 1. The highest BCUT2D eigenvalue weighted by Gasteiger charge is 2.62. The van der Waals surface area contributed by atoms with Gasteiger partial charge in [-0.1, -0.05) is 23.8 Å². The third-order valence-electron chi connectivity index (χ3n) is 11.3. The topological polar surface area (TPSA) is 220 Å². The molecule has 2 saturated carbocycles. The third kappa shape index (κ3) is 8.61. The van der Waals surface area contributed by atoms with E-state index in [0.717, 1.165) is 10.9 Å². The Morgan fingerprint density at radius 2 is 1.86 bits per heavy atom. The van der Waals surface area contributed by atoms with E-state index in [1.165, 1.54) is 15.9 Å². The van der Waals surface area contributed by atoms with Crippen LogP contribution in [0.15, 0.2) is 43.1 Å². The lowest BCUT2D eigenvalue weighted by atomic mass is 10.0. The van der Waals surface area contributed by atoms with Gasteiger partial charge in [-0.15, -0.1) is 6.58 Å². The van der Waals surface area contributed by atoms with E-state index in [0.29, 0.717) is 37.6 Å². The minimum absolute atomic E-state index is 0.0604. The van der Waals surface area contributed by atoms with Crippen molar-refractivity contribution in [2.75, 3.05) is 13.1 Å². The van der Waals surface area contributed by atoms with E-state index in [-0.39, 0.29) is 44.2 Å². The van der Waals surface area contributed by atoms with Gasteiger partial charge in [-0.3, -0.25) is 23.9 Å². The summed E-state index contributed by atoms with van der Waals surface area (Å²) in [5, 5.41) is 6.24. The van der Waals surface area contributed by atoms with E-state index in [1.807, 2.05) is 31.2 Å². The van der Waals surface area contributed by atoms with Crippen molar-refractivity contribution in [2.45, 2.75) is 126 Å². The predicted molar refractivity (Wildman–Crippen MR) is 207 cm³/mol. The molecule has 2 aromatic rings. The Morgan fingerprint density at radius 3 is 2.55 bits per heavy atom. The Bertz CT molecular complexity index is 2150. The summed E-state index contributed by atoms with van der Waals surface area (Å²) in [5.74, 6) is -3.56. The molecule has 2 bridgehead atoms. The second-order valence-corrected chi connectivity index (χ2v) is 18.9. The van der Waals surface area contributed by atoms with Gasteiger partial charge in [-0.25, -0.2) is 23.0 Å². The number of amides is 5. The zero-order valence-electron chi connectivity index (χ0n) is 33.0. The van der Waals surface area contributed by atoms with Crippen LogP contribution in [0.2, 0.25) is 0 Å². The van der Waals surface area contributed by atoms with Gasteiger partial charge < -0.3 is 34.6 Å². The van der Waals surface area contributed by atoms with Crippen molar-refractivity contribution in [1.82, 2.24) is 30.1 Å². The molecule has 4 heterocycles. The van der Waals surface area contributed by atoms with Gasteiger partial charge in [-0.2, -0.15) is 0 Å². The number of alkyl carbamates (subject to hydrolysis) is 1. The maximum absolute atomic E-state index is 14.7. The molecule has 0 radical (unpaired) electrons. The average Bonchev–Trinajstić information content (AvgIpc) is 4.07. The van der Waals surface area contributed by atoms with Crippen LogP contribution in [0, 0.1) is 12.8 Å². The number of aromatic nitrogens is 1. The van der Waals surface area contributed by atoms with Gasteiger partial charge in [0.15, 0.2) is 0 Å². The number of fused-ring (bicyclic) bond motifs is 3. The highest BCUT2D eigenvalue weighted by atomic mass is 32.2. The van der Waals surface area contributed by atoms with E-state index in [4.69, 9.17) is 14.2 Å². The first-order valence-corrected chi connectivity index (χ1v) is 21.2. The number of ether oxygens (including phenoxy) is 3. The molecular weight excluding hydrogens is 773 g/mol. The highest BCUT2D eigenvalue weighted by Crippen LogP contribution is 2.45. The molecule has 17 nitrogen and oxygen atoms in total. The summed E-state index contributed by atoms with van der Waals surface area (Å²) in [4.78, 5) is 89.0. The maximum atomic E-state index is 14.7. The van der Waals surface area contributed by atoms with Gasteiger partial charge in [0.2, 0.25) is 33.6 Å². The fraction of sp³-hybridized carbons (Fsp3) is 0.575. The van der Waals surface area contributed by atoms with E-state index >= 15 is 0 Å². The Hall–Kier alpha value is -5.26. The number of hydrogen-bond acceptors (Lipinski definition) is 12. The Labute approximate surface area is 336 Å². The maximum Gasteiger partial charge on any atom is 0.408 e. The molecule has 5 aliphatic rings. The smallest absolute Gasteiger partial charge is 0.408 e. The number of likely N-dealkylation sites (tertiary alicyclic amines) is 2. The largest absolute Gasteiger partial charge is 0.472 e. The zero-order chi connectivity index (χ0) is 41.7. The van der Waals surface area contributed by atoms with Crippen molar-refractivity contribution >= 4 is 56.5 Å². The highest BCUT2D eigenvalue weighted by molar-refractivity contribution is 7.91. The summed E-state index contributed by atoms with van der Waals surface area (Å²) in [7, 11) is -3.95. The monoisotopic (exact) mass is 822 g/mol. The van der Waals surface area contributed by atoms with Crippen molar-refractivity contribution in [1.29, 1.82) is 0 Å². The fourth-order valence-corrected chi connectivity index (χ4v) is 9.40. The lowest BCUT2D eigenvalue weighted by molar-refractivity contribution is -0.147. The summed E-state index contributed by atoms with van der Waals surface area (Å²) in [5.41, 5.74) is -1.54. The first kappa shape index (κ1) is 40.9. The number of piperidine rings is 1. The molecule has 1 aromatic heterocycles. The predicted octanol–water partition coefficient (Wildman–Crippen LogP) is 2.15. The van der Waals surface area contributed by atoms with Crippen LogP contribution in [0.1, 0.15) is 77.7 Å². The van der Waals surface area contributed by atoms with Crippen LogP contribution in [0.4, 0.5) is 4.79 Å². The van der Waals surface area contributed by atoms with Crippen molar-refractivity contribution in [2.24, 2.45) is 5.92 Å². The molecule has 7 atom stereocenters. The number of esters is 1. The fourth-order valence-electron chi connectivity index (χ4n) is 8.04. The number of benzene rings is 1. The van der Waals surface area contributed by atoms with Crippen LogP contribution in [-0.4, -0.2) is 119 Å². The number of nitrogens with zero attached hydrogens (tertiary/aromatic N) is 3. The van der Waals surface area contributed by atoms with Crippen LogP contribution in [0.3, 0.4) is 0 Å². The van der Waals surface area contributed by atoms with Crippen molar-refractivity contribution < 1.29 is 51.4 Å². The molecule has 312 valence electrons. The molecule has 0 unspecified atom stereocenters. The number of carbonyl (C=O) groups is 6. The molecule has 5 amide bonds. The van der Waals surface area contributed by atoms with Crippen molar-refractivity contribution in [3.8, 4) is 5.88 Å². The lowest BCUT2D eigenvalue weighted by Crippen LogP contribution is -2.58. The molecule has 3 N–H and O–H groups in total. The van der Waals surface area contributed by atoms with Crippen LogP contribution in [0.5, 0.6) is 5.88 Å². The number of rotatable bonds is 13. The summed E-state index contributed by atoms with van der Waals surface area (Å²) in [6, 6.07) is 4.21. The number of sulfonamides is 1. The van der Waals surface area contributed by atoms with E-state index in [9.17, 15) is 37.2 Å². The summed E-state index contributed by atoms with van der Waals surface area (Å²) < 4.78 is 44.8. The number of hydrogen-bond donors (Lipinski definition) is 3. The molecule has 2 aliphatic carbocycles. The zero-order valence-corrected chi connectivity index (χ0v) is 33.8. The standard InChI is InChI=1S/C40H50N6O11S/c1-6-24-20-40(24,37(51)44-58(53,54)27-8-9-27)43-33(48)30-19-26(55-34-28-10-7-22(2)17-23(28)13-15-41-34)21-46(30)35(49)29(42-38(52)57-39(3,4)5)11-12-32(47)45-16-14-25-18-31(45)36(50)56-25/h6-7,10,13,15,17,24-27,29-31H,1,8-9,11-12,14,16,18-21H2,2-5H3,(H,42,52)(H,43,48)(H,44,51)/t24-,25+,26-,29+,30+,31+,40-/m1/s1. The SMILES string of the molecule is C=C[C@@H]1C[C@]1(NC(=O)[C@@H]1C[C@@H](Oc2nccc3cc(C)ccc23)CN1C(=O)[C@H](CCC(=O)N1CC[C@H]2C[C@H]1C(=O)O2)NC(=O)OC(C)(C)C)C(=O)NS(=O)(=O)C1CC1. The molecular formula is C40H50N6O11S. The van der Waals surface area contributed by atoms with Gasteiger partial charge in [0.25, 0.3) is 5.91 Å². The summed E-state index contributed by atoms with van der Waals surface area (Å²) in [6.07, 6.45) is 2.40. The van der Waals surface area contributed by atoms with Gasteiger partial charge >= 0.3 is 12.1 Å². The first-order chi connectivity index (χ1) is 27.4. The Morgan fingerprint density at radius 1 is 1.10 bits per heavy atom. The van der Waals surface area contributed by atoms with Gasteiger partial charge in [-0.05, 0) is 70.9 Å². The molecule has 18 heteroatoms. The minimum Gasteiger partial charge on any atom is -0.472 e. The van der Waals surface area contributed by atoms with Gasteiger partial charge in [0.1, 0.15) is 41.5 Å². The molecule has 5 fully saturated rings. The lowest BCUT2D eigenvalue weighted by Gasteiger charge is -2.32. The van der Waals surface area contributed by atoms with Crippen molar-refractivity contribution in [3.05, 3.63) is 48.7 Å². The number of nitrogens with one attached hydrogen (secondary N) is 3. The summed E-state index contributed by atoms with van der Waals surface area (Å²) >= 11 is 0. The molecule has 0 spiro atoms. The van der Waals surface area contributed by atoms with E-state index in [1.54, 1.807) is 27.0 Å². The first-order valence-electron chi connectivity index (χ1n) is 19.7. The normalized spacial score (nSPS) is 27.0. The second kappa shape index (κ2) is 15.5. The van der Waals surface area contributed by atoms with Gasteiger partial charge in [0.05, 0.1) is 11.8 Å².